The van der Waals surface area contributed by atoms with Crippen molar-refractivity contribution in [1.82, 2.24) is 4.57 Å². The number of furan rings is 1. The first-order valence-corrected chi connectivity index (χ1v) is 10.9. The molecule has 1 aliphatic rings. The molecule has 9 heteroatoms. The number of allylic oxidation sites excluding steroid dienone is 1. The van der Waals surface area contributed by atoms with Crippen LogP contribution in [-0.2, 0) is 9.53 Å². The van der Waals surface area contributed by atoms with Gasteiger partial charge >= 0.3 is 5.97 Å². The van der Waals surface area contributed by atoms with Crippen LogP contribution in [0.2, 0.25) is 0 Å². The van der Waals surface area contributed by atoms with Crippen LogP contribution in [0.1, 0.15) is 38.1 Å². The molecule has 1 aromatic carbocycles. The topological polar surface area (TPSA) is 103 Å². The number of carbonyl (C=O) groups excluding carboxylic acids is 1. The number of thiazole rings is 1. The highest BCUT2D eigenvalue weighted by Crippen LogP contribution is 2.32. The number of phenols is 1. The lowest BCUT2D eigenvalue weighted by molar-refractivity contribution is -0.138. The molecule has 0 amide bonds. The molecule has 1 N–H and O–H groups in total. The lowest BCUT2D eigenvalue weighted by Gasteiger charge is -2.20. The van der Waals surface area contributed by atoms with Gasteiger partial charge in [-0.15, -0.1) is 0 Å². The fourth-order valence-electron chi connectivity index (χ4n) is 3.51. The molecule has 0 unspecified atom stereocenters. The van der Waals surface area contributed by atoms with Crippen LogP contribution in [0.3, 0.4) is 0 Å². The van der Waals surface area contributed by atoms with Gasteiger partial charge in [0.05, 0.1) is 29.6 Å². The van der Waals surface area contributed by atoms with Gasteiger partial charge in [0.2, 0.25) is 0 Å². The van der Waals surface area contributed by atoms with E-state index in [1.807, 2.05) is 6.92 Å². The van der Waals surface area contributed by atoms with Gasteiger partial charge in [-0.1, -0.05) is 17.4 Å². The number of benzene rings is 1. The van der Waals surface area contributed by atoms with Crippen LogP contribution >= 0.6 is 11.3 Å². The van der Waals surface area contributed by atoms with Crippen LogP contribution in [-0.4, -0.2) is 28.9 Å². The van der Waals surface area contributed by atoms with E-state index < -0.39 is 12.0 Å². The van der Waals surface area contributed by atoms with Crippen molar-refractivity contribution < 1.29 is 23.8 Å². The molecule has 0 bridgehead atoms. The summed E-state index contributed by atoms with van der Waals surface area (Å²) in [5, 5.41) is 9.92. The first-order chi connectivity index (χ1) is 15.4. The van der Waals surface area contributed by atoms with Gasteiger partial charge in [0.15, 0.2) is 16.3 Å². The number of rotatable bonds is 6. The maximum Gasteiger partial charge on any atom is 0.338 e. The van der Waals surface area contributed by atoms with Crippen LogP contribution < -0.4 is 19.6 Å². The summed E-state index contributed by atoms with van der Waals surface area (Å²) in [5.74, 6) is 0.320. The summed E-state index contributed by atoms with van der Waals surface area (Å²) < 4.78 is 18.0. The standard InChI is InChI=1S/C23H22N2O6S/c1-4-29-17-11-14(8-9-15(17)26)12-18-21(27)25-13(3)19(22(28)30-5-2)20(24-23(25)32-18)16-7-6-10-31-16/h6-12,20,26H,4-5H2,1-3H3/b18-12-/t20-/m0/s1. The normalized spacial score (nSPS) is 16.0. The first-order valence-electron chi connectivity index (χ1n) is 10.1. The minimum absolute atomic E-state index is 0.0281. The van der Waals surface area contributed by atoms with Crippen LogP contribution in [0, 0.1) is 0 Å². The minimum atomic E-state index is -0.701. The number of fused-ring (bicyclic) bond motifs is 1. The summed E-state index contributed by atoms with van der Waals surface area (Å²) in [6, 6.07) is 7.63. The van der Waals surface area contributed by atoms with E-state index in [0.717, 1.165) is 0 Å². The van der Waals surface area contributed by atoms with E-state index in [1.54, 1.807) is 44.2 Å². The molecule has 4 rings (SSSR count). The zero-order valence-electron chi connectivity index (χ0n) is 17.8. The van der Waals surface area contributed by atoms with Gasteiger partial charge in [-0.3, -0.25) is 9.36 Å². The van der Waals surface area contributed by atoms with Crippen molar-refractivity contribution in [2.75, 3.05) is 13.2 Å². The highest BCUT2D eigenvalue weighted by Gasteiger charge is 2.32. The number of esters is 1. The van der Waals surface area contributed by atoms with Gasteiger partial charge < -0.3 is 19.0 Å². The van der Waals surface area contributed by atoms with E-state index >= 15 is 0 Å². The molecule has 0 aliphatic carbocycles. The minimum Gasteiger partial charge on any atom is -0.504 e. The molecule has 0 spiro atoms. The number of aromatic hydroxyl groups is 1. The molecule has 1 atom stereocenters. The molecule has 0 saturated carbocycles. The smallest absolute Gasteiger partial charge is 0.338 e. The van der Waals surface area contributed by atoms with Crippen LogP contribution in [0.4, 0.5) is 0 Å². The van der Waals surface area contributed by atoms with Crippen molar-refractivity contribution in [2.24, 2.45) is 4.99 Å². The molecule has 32 heavy (non-hydrogen) atoms. The second kappa shape index (κ2) is 8.88. The SMILES string of the molecule is CCOC(=O)C1=C(C)n2c(s/c(=C\c3ccc(O)c(OCC)c3)c2=O)=N[C@H]1c1ccco1. The maximum absolute atomic E-state index is 13.2. The lowest BCUT2D eigenvalue weighted by Crippen LogP contribution is -2.35. The van der Waals surface area contributed by atoms with E-state index in [0.29, 0.717) is 38.7 Å². The molecule has 1 aliphatic heterocycles. The number of hydrogen-bond donors (Lipinski definition) is 1. The number of hydrogen-bond acceptors (Lipinski definition) is 8. The van der Waals surface area contributed by atoms with Crippen LogP contribution in [0.15, 0.2) is 56.4 Å². The number of nitrogens with zero attached hydrogens (tertiary/aromatic N) is 2. The number of phenolic OH excluding ortho intramolecular Hbond substituents is 1. The van der Waals surface area contributed by atoms with Gasteiger partial charge in [0.1, 0.15) is 11.8 Å². The molecule has 0 fully saturated rings. The largest absolute Gasteiger partial charge is 0.504 e. The Bertz CT molecular complexity index is 1360. The average Bonchev–Trinajstić information content (AvgIpc) is 3.39. The fourth-order valence-corrected chi connectivity index (χ4v) is 4.55. The molecule has 3 heterocycles. The molecule has 8 nitrogen and oxygen atoms in total. The van der Waals surface area contributed by atoms with Crippen LogP contribution in [0.5, 0.6) is 11.5 Å². The van der Waals surface area contributed by atoms with Crippen molar-refractivity contribution in [1.29, 1.82) is 0 Å². The first kappa shape index (κ1) is 21.6. The molecule has 0 radical (unpaired) electrons. The van der Waals surface area contributed by atoms with Gasteiger partial charge in [-0.2, -0.15) is 0 Å². The summed E-state index contributed by atoms with van der Waals surface area (Å²) in [6.45, 7) is 5.85. The predicted molar refractivity (Wildman–Crippen MR) is 119 cm³/mol. The second-order valence-electron chi connectivity index (χ2n) is 6.96. The summed E-state index contributed by atoms with van der Waals surface area (Å²) in [7, 11) is 0. The Morgan fingerprint density at radius 1 is 1.31 bits per heavy atom. The Morgan fingerprint density at radius 2 is 2.12 bits per heavy atom. The van der Waals surface area contributed by atoms with Crippen molar-refractivity contribution in [2.45, 2.75) is 26.8 Å². The summed E-state index contributed by atoms with van der Waals surface area (Å²) >= 11 is 1.21. The molecule has 166 valence electrons. The number of aromatic nitrogens is 1. The number of ether oxygens (including phenoxy) is 2. The molecule has 3 aromatic rings. The molecule has 2 aromatic heterocycles. The predicted octanol–water partition coefficient (Wildman–Crippen LogP) is 2.60. The van der Waals surface area contributed by atoms with Crippen molar-refractivity contribution in [3.63, 3.8) is 0 Å². The summed E-state index contributed by atoms with van der Waals surface area (Å²) in [5.41, 5.74) is 1.12. The third-order valence-corrected chi connectivity index (χ3v) is 5.92. The highest BCUT2D eigenvalue weighted by molar-refractivity contribution is 7.07. The monoisotopic (exact) mass is 454 g/mol. The zero-order valence-corrected chi connectivity index (χ0v) is 18.6. The lowest BCUT2D eigenvalue weighted by atomic mass is 10.0. The van der Waals surface area contributed by atoms with Crippen LogP contribution in [0.25, 0.3) is 11.8 Å². The van der Waals surface area contributed by atoms with E-state index in [2.05, 4.69) is 4.99 Å². The fraction of sp³-hybridized carbons (Fsp3) is 0.261. The Hall–Kier alpha value is -3.59. The molecular weight excluding hydrogens is 432 g/mol. The Morgan fingerprint density at radius 3 is 2.81 bits per heavy atom. The maximum atomic E-state index is 13.2. The third-order valence-electron chi connectivity index (χ3n) is 4.93. The van der Waals surface area contributed by atoms with Crippen molar-refractivity contribution in [3.05, 3.63) is 73.2 Å². The van der Waals surface area contributed by atoms with Gasteiger partial charge in [-0.05, 0) is 56.7 Å². The Labute approximate surface area is 187 Å². The van der Waals surface area contributed by atoms with E-state index in [-0.39, 0.29) is 23.5 Å². The van der Waals surface area contributed by atoms with Crippen molar-refractivity contribution >= 4 is 29.1 Å². The number of carbonyl (C=O) groups is 1. The summed E-state index contributed by atoms with van der Waals surface area (Å²) in [4.78, 5) is 31.0. The van der Waals surface area contributed by atoms with Gasteiger partial charge in [0, 0.05) is 5.70 Å². The van der Waals surface area contributed by atoms with E-state index in [4.69, 9.17) is 13.9 Å². The average molecular weight is 455 g/mol. The Balaban J connectivity index is 1.90. The Kier molecular flexibility index (Phi) is 6.00. The second-order valence-corrected chi connectivity index (χ2v) is 7.97. The molecular formula is C23H22N2O6S. The summed E-state index contributed by atoms with van der Waals surface area (Å²) in [6.07, 6.45) is 3.22. The quantitative estimate of drug-likeness (QED) is 0.575. The van der Waals surface area contributed by atoms with Gasteiger partial charge in [0.25, 0.3) is 5.56 Å². The third kappa shape index (κ3) is 3.87. The van der Waals surface area contributed by atoms with Gasteiger partial charge in [-0.25, -0.2) is 9.79 Å². The van der Waals surface area contributed by atoms with Crippen molar-refractivity contribution in [3.8, 4) is 11.5 Å². The highest BCUT2D eigenvalue weighted by atomic mass is 32.1. The van der Waals surface area contributed by atoms with E-state index in [9.17, 15) is 14.7 Å². The molecule has 0 saturated heterocycles. The van der Waals surface area contributed by atoms with E-state index in [1.165, 1.54) is 28.2 Å². The zero-order chi connectivity index (χ0) is 22.8.